The number of fused-ring (bicyclic) bond motifs is 2. The minimum Gasteiger partial charge on any atom is -0.489 e. The maximum Gasteiger partial charge on any atom is 0.534 e. The summed E-state index contributed by atoms with van der Waals surface area (Å²) in [6.07, 6.45) is 2.42. The van der Waals surface area contributed by atoms with Gasteiger partial charge in [0.15, 0.2) is 23.1 Å². The summed E-state index contributed by atoms with van der Waals surface area (Å²) in [7, 11) is -5.87. The topological polar surface area (TPSA) is 106 Å². The van der Waals surface area contributed by atoms with Crippen molar-refractivity contribution in [3.05, 3.63) is 52.6 Å². The molecule has 0 bridgehead atoms. The number of carboxylic acid groups (broad SMARTS) is 1. The molecule has 49 heavy (non-hydrogen) atoms. The number of benzene rings is 2. The summed E-state index contributed by atoms with van der Waals surface area (Å²) in [5, 5.41) is 9.33. The van der Waals surface area contributed by atoms with Gasteiger partial charge in [0.25, 0.3) is 0 Å². The van der Waals surface area contributed by atoms with E-state index in [1.54, 1.807) is 0 Å². The Morgan fingerprint density at radius 2 is 1.24 bits per heavy atom. The number of halogens is 5. The van der Waals surface area contributed by atoms with E-state index in [1.165, 1.54) is 6.07 Å². The minimum atomic E-state index is -5.87. The second-order valence-electron chi connectivity index (χ2n) is 14.1. The van der Waals surface area contributed by atoms with Crippen molar-refractivity contribution in [3.63, 3.8) is 0 Å². The van der Waals surface area contributed by atoms with Gasteiger partial charge < -0.3 is 18.8 Å². The van der Waals surface area contributed by atoms with Crippen molar-refractivity contribution in [1.29, 1.82) is 0 Å². The molecule has 0 aromatic heterocycles. The first-order valence-electron chi connectivity index (χ1n) is 16.2. The molecule has 15 heteroatoms. The van der Waals surface area contributed by atoms with Crippen LogP contribution in [0.2, 0.25) is 0 Å². The van der Waals surface area contributed by atoms with Crippen LogP contribution in [0.5, 0.6) is 17.2 Å². The molecule has 0 spiro atoms. The number of nitrogens with zero attached hydrogens (tertiary/aromatic N) is 2. The van der Waals surface area contributed by atoms with Crippen LogP contribution in [0.25, 0.3) is 0 Å². The third-order valence-electron chi connectivity index (χ3n) is 8.35. The molecule has 2 aromatic rings. The first-order chi connectivity index (χ1) is 22.5. The molecule has 2 aromatic carbocycles. The average molecular weight is 723 g/mol. The zero-order valence-corrected chi connectivity index (χ0v) is 30.0. The highest BCUT2D eigenvalue weighted by molar-refractivity contribution is 7.88. The van der Waals surface area contributed by atoms with Gasteiger partial charge in [-0.05, 0) is 105 Å². The van der Waals surface area contributed by atoms with Crippen LogP contribution in [0.3, 0.4) is 0 Å². The van der Waals surface area contributed by atoms with Gasteiger partial charge in [-0.25, -0.2) is 13.6 Å². The number of hydrogen-bond donors (Lipinski definition) is 1. The average Bonchev–Trinajstić information content (AvgIpc) is 2.98. The predicted molar refractivity (Wildman–Crippen MR) is 175 cm³/mol. The Kier molecular flexibility index (Phi) is 12.6. The summed E-state index contributed by atoms with van der Waals surface area (Å²) < 4.78 is 104. The van der Waals surface area contributed by atoms with Crippen molar-refractivity contribution < 1.29 is 53.9 Å². The van der Waals surface area contributed by atoms with Crippen molar-refractivity contribution in [2.45, 2.75) is 110 Å². The Morgan fingerprint density at radius 3 is 1.65 bits per heavy atom. The Labute approximate surface area is 285 Å². The highest BCUT2D eigenvalue weighted by Crippen LogP contribution is 2.40. The molecule has 4 rings (SSSR count). The molecule has 0 amide bonds. The second-order valence-corrected chi connectivity index (χ2v) is 15.6. The monoisotopic (exact) mass is 722 g/mol. The van der Waals surface area contributed by atoms with Gasteiger partial charge in [-0.2, -0.15) is 21.6 Å². The molecule has 0 aliphatic carbocycles. The highest BCUT2D eigenvalue weighted by Gasteiger charge is 2.49. The fourth-order valence-electron chi connectivity index (χ4n) is 6.29. The predicted octanol–water partition coefficient (Wildman–Crippen LogP) is 7.21. The number of alkyl halides is 3. The molecule has 0 unspecified atom stereocenters. The zero-order valence-electron chi connectivity index (χ0n) is 29.2. The van der Waals surface area contributed by atoms with Gasteiger partial charge in [-0.1, -0.05) is 13.8 Å². The summed E-state index contributed by atoms with van der Waals surface area (Å²) in [4.78, 5) is 15.8. The molecule has 0 fully saturated rings. The Hall–Kier alpha value is -3.17. The second kappa shape index (κ2) is 15.4. The quantitative estimate of drug-likeness (QED) is 0.163. The van der Waals surface area contributed by atoms with Crippen molar-refractivity contribution >= 4 is 16.1 Å². The van der Waals surface area contributed by atoms with Crippen molar-refractivity contribution in [3.8, 4) is 17.2 Å². The molecule has 0 saturated carbocycles. The standard InChI is InChI=1S/C17H23F4NO4S.C17H24FNO3/c1-5-8-22(16(2,3)4)11-9-12-14(26-27(23,24)17(19,20)21)7-6-13(18)15(12)25-10-11;1-5-8-19(17(2,3)4)11-9-13-12(16(20)21)6-7-14(18)15(13)22-10-11/h6-7,11H,5,8-10H2,1-4H3;6-7,11H,5,8-10H2,1-4H3,(H,20,21)/t2*11-/m11/s1. The molecule has 9 nitrogen and oxygen atoms in total. The number of hydrogen-bond acceptors (Lipinski definition) is 8. The van der Waals surface area contributed by atoms with Gasteiger partial charge in [0.1, 0.15) is 19.0 Å². The summed E-state index contributed by atoms with van der Waals surface area (Å²) in [6.45, 7) is 18.5. The lowest BCUT2D eigenvalue weighted by Crippen LogP contribution is -2.53. The Morgan fingerprint density at radius 1 is 0.816 bits per heavy atom. The van der Waals surface area contributed by atoms with Crippen LogP contribution in [0.15, 0.2) is 24.3 Å². The van der Waals surface area contributed by atoms with E-state index in [1.807, 2.05) is 27.7 Å². The molecule has 0 radical (unpaired) electrons. The minimum absolute atomic E-state index is 0.0237. The van der Waals surface area contributed by atoms with Gasteiger partial charge in [0.05, 0.1) is 5.56 Å². The van der Waals surface area contributed by atoms with Crippen LogP contribution in [0.1, 0.15) is 89.7 Å². The summed E-state index contributed by atoms with van der Waals surface area (Å²) in [5.74, 6) is -3.06. The van der Waals surface area contributed by atoms with Crippen molar-refractivity contribution in [1.82, 2.24) is 9.80 Å². The summed E-state index contributed by atoms with van der Waals surface area (Å²) in [5.41, 5.74) is -5.33. The Bertz CT molecular complexity index is 1590. The smallest absolute Gasteiger partial charge is 0.489 e. The molecule has 2 aliphatic rings. The van der Waals surface area contributed by atoms with E-state index in [4.69, 9.17) is 9.47 Å². The summed E-state index contributed by atoms with van der Waals surface area (Å²) >= 11 is 0. The van der Waals surface area contributed by atoms with Crippen LogP contribution in [-0.4, -0.2) is 84.3 Å². The van der Waals surface area contributed by atoms with E-state index in [2.05, 4.69) is 41.7 Å². The Balaban J connectivity index is 0.000000271. The highest BCUT2D eigenvalue weighted by atomic mass is 32.2. The number of carbonyl (C=O) groups is 1. The van der Waals surface area contributed by atoms with E-state index in [-0.39, 0.29) is 58.8 Å². The van der Waals surface area contributed by atoms with Gasteiger partial charge in [-0.3, -0.25) is 9.80 Å². The fourth-order valence-corrected chi connectivity index (χ4v) is 6.78. The van der Waals surface area contributed by atoms with Crippen molar-refractivity contribution in [2.24, 2.45) is 0 Å². The summed E-state index contributed by atoms with van der Waals surface area (Å²) in [6, 6.07) is 3.97. The molecule has 1 N–H and O–H groups in total. The largest absolute Gasteiger partial charge is 0.534 e. The van der Waals surface area contributed by atoms with Gasteiger partial charge in [-0.15, -0.1) is 0 Å². The van der Waals surface area contributed by atoms with E-state index in [0.29, 0.717) is 25.1 Å². The van der Waals surface area contributed by atoms with E-state index >= 15 is 0 Å². The number of carboxylic acids is 1. The van der Waals surface area contributed by atoms with Crippen LogP contribution < -0.4 is 13.7 Å². The molecule has 2 atom stereocenters. The molecule has 2 heterocycles. The van der Waals surface area contributed by atoms with Crippen LogP contribution in [0, 0.1) is 11.6 Å². The molecule has 276 valence electrons. The van der Waals surface area contributed by atoms with E-state index < -0.39 is 39.0 Å². The van der Waals surface area contributed by atoms with Gasteiger partial charge >= 0.3 is 21.6 Å². The molecular formula is C34H47F5N2O7S. The van der Waals surface area contributed by atoms with Crippen LogP contribution in [-0.2, 0) is 23.0 Å². The molecule has 2 aliphatic heterocycles. The molecule has 0 saturated heterocycles. The normalized spacial score (nSPS) is 18.1. The lowest BCUT2D eigenvalue weighted by Gasteiger charge is -2.43. The number of ether oxygens (including phenoxy) is 2. The van der Waals surface area contributed by atoms with Crippen molar-refractivity contribution in [2.75, 3.05) is 26.3 Å². The third kappa shape index (κ3) is 9.54. The number of rotatable bonds is 9. The van der Waals surface area contributed by atoms with Crippen LogP contribution >= 0.6 is 0 Å². The first-order valence-corrected chi connectivity index (χ1v) is 17.6. The third-order valence-corrected chi connectivity index (χ3v) is 9.31. The zero-order chi connectivity index (χ0) is 37.1. The maximum absolute atomic E-state index is 14.1. The maximum atomic E-state index is 14.1. The van der Waals surface area contributed by atoms with Gasteiger partial charge in [0, 0.05) is 34.3 Å². The molecular weight excluding hydrogens is 675 g/mol. The lowest BCUT2D eigenvalue weighted by molar-refractivity contribution is -0.0500. The fraction of sp³-hybridized carbons (Fsp3) is 0.618. The SMILES string of the molecule is CCCN([C@H]1COc2c(F)ccc(C(=O)O)c2C1)C(C)(C)C.CCCN([C@H]1COc2c(F)ccc(OS(=O)(=O)C(F)(F)F)c2C1)C(C)(C)C. The first kappa shape index (κ1) is 40.3. The van der Waals surface area contributed by atoms with Crippen LogP contribution in [0.4, 0.5) is 22.0 Å². The number of aromatic carboxylic acids is 1. The van der Waals surface area contributed by atoms with E-state index in [9.17, 15) is 40.3 Å². The lowest BCUT2D eigenvalue weighted by atomic mass is 9.93. The van der Waals surface area contributed by atoms with E-state index in [0.717, 1.165) is 37.6 Å². The van der Waals surface area contributed by atoms with Gasteiger partial charge in [0.2, 0.25) is 0 Å².